The van der Waals surface area contributed by atoms with Crippen LogP contribution in [0.25, 0.3) is 0 Å². The van der Waals surface area contributed by atoms with Gasteiger partial charge in [0.2, 0.25) is 0 Å². The minimum Gasteiger partial charge on any atom is -0.493 e. The smallest absolute Gasteiger partial charge is 0.161 e. The van der Waals surface area contributed by atoms with E-state index in [1.165, 1.54) is 5.56 Å². The van der Waals surface area contributed by atoms with Gasteiger partial charge in [-0.2, -0.15) is 0 Å². The number of benzene rings is 1. The SMILES string of the molecule is COc1cc(I)c(C(C)CN)cc1OC. The number of methoxy groups -OCH3 is 2. The Morgan fingerprint density at radius 2 is 1.80 bits per heavy atom. The predicted molar refractivity (Wildman–Crippen MR) is 69.7 cm³/mol. The molecule has 0 fully saturated rings. The Bertz CT molecular complexity index is 342. The lowest BCUT2D eigenvalue weighted by atomic mass is 10.0. The van der Waals surface area contributed by atoms with Gasteiger partial charge in [0.15, 0.2) is 11.5 Å². The second-order valence-electron chi connectivity index (χ2n) is 3.37. The third-order valence-electron chi connectivity index (χ3n) is 2.39. The Balaban J connectivity index is 3.19. The van der Waals surface area contributed by atoms with E-state index in [4.69, 9.17) is 15.2 Å². The minimum atomic E-state index is 0.330. The van der Waals surface area contributed by atoms with Gasteiger partial charge in [0.05, 0.1) is 14.2 Å². The lowest BCUT2D eigenvalue weighted by Gasteiger charge is -2.15. The highest BCUT2D eigenvalue weighted by atomic mass is 127. The molecule has 0 aliphatic carbocycles. The Kier molecular flexibility index (Phi) is 4.66. The molecule has 1 unspecified atom stereocenters. The number of nitrogens with two attached hydrogens (primary N) is 1. The molecule has 0 saturated carbocycles. The van der Waals surface area contributed by atoms with Gasteiger partial charge in [0, 0.05) is 3.57 Å². The average Bonchev–Trinajstić information content (AvgIpc) is 2.27. The zero-order valence-corrected chi connectivity index (χ0v) is 11.4. The number of hydrogen-bond donors (Lipinski definition) is 1. The summed E-state index contributed by atoms with van der Waals surface area (Å²) in [7, 11) is 3.28. The zero-order chi connectivity index (χ0) is 11.4. The summed E-state index contributed by atoms with van der Waals surface area (Å²) in [4.78, 5) is 0. The molecule has 3 nitrogen and oxygen atoms in total. The van der Waals surface area contributed by atoms with E-state index in [1.807, 2.05) is 12.1 Å². The molecule has 1 rings (SSSR count). The molecule has 0 heterocycles. The molecule has 15 heavy (non-hydrogen) atoms. The quantitative estimate of drug-likeness (QED) is 0.866. The topological polar surface area (TPSA) is 44.5 Å². The molecule has 0 saturated heterocycles. The Morgan fingerprint density at radius 3 is 2.27 bits per heavy atom. The third kappa shape index (κ3) is 2.75. The lowest BCUT2D eigenvalue weighted by molar-refractivity contribution is 0.354. The molecule has 2 N–H and O–H groups in total. The van der Waals surface area contributed by atoms with Gasteiger partial charge < -0.3 is 15.2 Å². The van der Waals surface area contributed by atoms with Crippen molar-refractivity contribution in [2.45, 2.75) is 12.8 Å². The van der Waals surface area contributed by atoms with Gasteiger partial charge in [0.25, 0.3) is 0 Å². The monoisotopic (exact) mass is 321 g/mol. The summed E-state index contributed by atoms with van der Waals surface area (Å²) in [5, 5.41) is 0. The first-order valence-electron chi connectivity index (χ1n) is 4.75. The summed E-state index contributed by atoms with van der Waals surface area (Å²) in [5.74, 6) is 1.85. The van der Waals surface area contributed by atoms with Gasteiger partial charge in [-0.3, -0.25) is 0 Å². The van der Waals surface area contributed by atoms with Crippen LogP contribution in [0.3, 0.4) is 0 Å². The number of halogens is 1. The highest BCUT2D eigenvalue weighted by Crippen LogP contribution is 2.34. The maximum absolute atomic E-state index is 5.66. The number of hydrogen-bond acceptors (Lipinski definition) is 3. The van der Waals surface area contributed by atoms with Crippen LogP contribution in [-0.2, 0) is 0 Å². The first kappa shape index (κ1) is 12.6. The summed E-state index contributed by atoms with van der Waals surface area (Å²) >= 11 is 2.29. The zero-order valence-electron chi connectivity index (χ0n) is 9.21. The number of ether oxygens (including phenoxy) is 2. The van der Waals surface area contributed by atoms with Crippen LogP contribution in [-0.4, -0.2) is 20.8 Å². The fourth-order valence-electron chi connectivity index (χ4n) is 1.37. The molecule has 1 aromatic carbocycles. The molecular formula is C11H16INO2. The maximum atomic E-state index is 5.66. The number of rotatable bonds is 4. The van der Waals surface area contributed by atoms with Crippen molar-refractivity contribution in [3.63, 3.8) is 0 Å². The van der Waals surface area contributed by atoms with Crippen LogP contribution in [0.5, 0.6) is 11.5 Å². The molecule has 0 aliphatic heterocycles. The van der Waals surface area contributed by atoms with Gasteiger partial charge in [-0.1, -0.05) is 6.92 Å². The molecule has 0 spiro atoms. The van der Waals surface area contributed by atoms with Crippen LogP contribution >= 0.6 is 22.6 Å². The van der Waals surface area contributed by atoms with E-state index >= 15 is 0 Å². The molecule has 84 valence electrons. The van der Waals surface area contributed by atoms with Crippen molar-refractivity contribution in [1.29, 1.82) is 0 Å². The second-order valence-corrected chi connectivity index (χ2v) is 4.53. The van der Waals surface area contributed by atoms with E-state index in [-0.39, 0.29) is 0 Å². The first-order chi connectivity index (χ1) is 7.13. The fourth-order valence-corrected chi connectivity index (χ4v) is 2.34. The Labute approximate surface area is 104 Å². The standard InChI is InChI=1S/C11H16INO2/c1-7(6-13)8-4-10(14-2)11(15-3)5-9(8)12/h4-5,7H,6,13H2,1-3H3. The van der Waals surface area contributed by atoms with Gasteiger partial charge in [-0.25, -0.2) is 0 Å². The van der Waals surface area contributed by atoms with E-state index in [0.29, 0.717) is 12.5 Å². The van der Waals surface area contributed by atoms with Crippen LogP contribution in [0.15, 0.2) is 12.1 Å². The van der Waals surface area contributed by atoms with E-state index in [9.17, 15) is 0 Å². The molecule has 0 amide bonds. The molecule has 1 atom stereocenters. The predicted octanol–water partition coefficient (Wildman–Crippen LogP) is 2.37. The summed E-state index contributed by atoms with van der Waals surface area (Å²) < 4.78 is 11.6. The van der Waals surface area contributed by atoms with Gasteiger partial charge in [-0.15, -0.1) is 0 Å². The highest BCUT2D eigenvalue weighted by Gasteiger charge is 2.13. The van der Waals surface area contributed by atoms with Gasteiger partial charge in [0.1, 0.15) is 0 Å². The molecule has 0 aliphatic rings. The third-order valence-corrected chi connectivity index (χ3v) is 3.32. The minimum absolute atomic E-state index is 0.330. The lowest BCUT2D eigenvalue weighted by Crippen LogP contribution is -2.10. The van der Waals surface area contributed by atoms with Crippen molar-refractivity contribution in [2.75, 3.05) is 20.8 Å². The van der Waals surface area contributed by atoms with Crippen molar-refractivity contribution in [1.82, 2.24) is 0 Å². The van der Waals surface area contributed by atoms with Crippen LogP contribution < -0.4 is 15.2 Å². The van der Waals surface area contributed by atoms with Crippen LogP contribution in [0.1, 0.15) is 18.4 Å². The van der Waals surface area contributed by atoms with Crippen molar-refractivity contribution < 1.29 is 9.47 Å². The van der Waals surface area contributed by atoms with Gasteiger partial charge >= 0.3 is 0 Å². The first-order valence-corrected chi connectivity index (χ1v) is 5.83. The van der Waals surface area contributed by atoms with E-state index < -0.39 is 0 Å². The molecule has 0 aromatic heterocycles. The summed E-state index contributed by atoms with van der Waals surface area (Å²) in [5.41, 5.74) is 6.86. The van der Waals surface area contributed by atoms with Crippen LogP contribution in [0.4, 0.5) is 0 Å². The van der Waals surface area contributed by atoms with Crippen molar-refractivity contribution >= 4 is 22.6 Å². The van der Waals surface area contributed by atoms with E-state index in [2.05, 4.69) is 29.5 Å². The molecule has 4 heteroatoms. The van der Waals surface area contributed by atoms with Crippen LogP contribution in [0, 0.1) is 3.57 Å². The van der Waals surface area contributed by atoms with E-state index in [0.717, 1.165) is 15.1 Å². The fraction of sp³-hybridized carbons (Fsp3) is 0.455. The summed E-state index contributed by atoms with van der Waals surface area (Å²) in [6.45, 7) is 2.73. The largest absolute Gasteiger partial charge is 0.493 e. The molecular weight excluding hydrogens is 305 g/mol. The van der Waals surface area contributed by atoms with Crippen molar-refractivity contribution in [2.24, 2.45) is 5.73 Å². The van der Waals surface area contributed by atoms with Gasteiger partial charge in [-0.05, 0) is 52.7 Å². The average molecular weight is 321 g/mol. The van der Waals surface area contributed by atoms with Crippen LogP contribution in [0.2, 0.25) is 0 Å². The summed E-state index contributed by atoms with van der Waals surface area (Å²) in [6, 6.07) is 3.97. The second kappa shape index (κ2) is 5.55. The van der Waals surface area contributed by atoms with Crippen molar-refractivity contribution in [3.05, 3.63) is 21.3 Å². The summed E-state index contributed by atoms with van der Waals surface area (Å²) in [6.07, 6.45) is 0. The Hall–Kier alpha value is -0.490. The Morgan fingerprint density at radius 1 is 1.27 bits per heavy atom. The normalized spacial score (nSPS) is 12.3. The molecule has 1 aromatic rings. The highest BCUT2D eigenvalue weighted by molar-refractivity contribution is 14.1. The molecule has 0 radical (unpaired) electrons. The van der Waals surface area contributed by atoms with E-state index in [1.54, 1.807) is 14.2 Å². The van der Waals surface area contributed by atoms with Crippen molar-refractivity contribution in [3.8, 4) is 11.5 Å². The molecule has 0 bridgehead atoms. The maximum Gasteiger partial charge on any atom is 0.161 e.